The molecule has 0 saturated carbocycles. The third-order valence-corrected chi connectivity index (χ3v) is 5.06. The van der Waals surface area contributed by atoms with E-state index in [1.807, 2.05) is 6.07 Å². The van der Waals surface area contributed by atoms with E-state index < -0.39 is 10.0 Å². The predicted octanol–water partition coefficient (Wildman–Crippen LogP) is 2.26. The number of rotatable bonds is 4. The Morgan fingerprint density at radius 1 is 1.38 bits per heavy atom. The van der Waals surface area contributed by atoms with Crippen molar-refractivity contribution >= 4 is 15.7 Å². The molecular formula is C15H24N2O3S. The number of anilines is 1. The number of hydrogen-bond donors (Lipinski definition) is 2. The summed E-state index contributed by atoms with van der Waals surface area (Å²) < 4.78 is 28.9. The maximum Gasteiger partial charge on any atom is 0.238 e. The average Bonchev–Trinajstić information content (AvgIpc) is 2.40. The monoisotopic (exact) mass is 312 g/mol. The van der Waals surface area contributed by atoms with Crippen molar-refractivity contribution < 1.29 is 13.2 Å². The fourth-order valence-corrected chi connectivity index (χ4v) is 3.53. The van der Waals surface area contributed by atoms with Crippen LogP contribution in [0.5, 0.6) is 0 Å². The average molecular weight is 312 g/mol. The molecule has 6 heteroatoms. The molecule has 21 heavy (non-hydrogen) atoms. The Bertz CT molecular complexity index is 599. The molecule has 0 aromatic heterocycles. The highest BCUT2D eigenvalue weighted by atomic mass is 32.2. The molecule has 5 nitrogen and oxygen atoms in total. The molecule has 1 fully saturated rings. The molecule has 0 amide bonds. The topological polar surface area (TPSA) is 81.4 Å². The van der Waals surface area contributed by atoms with Crippen molar-refractivity contribution in [3.8, 4) is 0 Å². The van der Waals surface area contributed by atoms with Gasteiger partial charge in [0.1, 0.15) is 0 Å². The van der Waals surface area contributed by atoms with E-state index in [-0.39, 0.29) is 11.0 Å². The van der Waals surface area contributed by atoms with Crippen LogP contribution in [0.1, 0.15) is 32.3 Å². The molecule has 1 aliphatic rings. The highest BCUT2D eigenvalue weighted by molar-refractivity contribution is 7.89. The molecule has 0 bridgehead atoms. The summed E-state index contributed by atoms with van der Waals surface area (Å²) in [6.45, 7) is 6.82. The van der Waals surface area contributed by atoms with Gasteiger partial charge in [0.25, 0.3) is 0 Å². The van der Waals surface area contributed by atoms with Crippen LogP contribution in [0.25, 0.3) is 0 Å². The van der Waals surface area contributed by atoms with Gasteiger partial charge in [-0.3, -0.25) is 0 Å². The summed E-state index contributed by atoms with van der Waals surface area (Å²) in [6, 6.07) is 5.44. The van der Waals surface area contributed by atoms with E-state index in [0.29, 0.717) is 17.5 Å². The maximum absolute atomic E-state index is 11.6. The second kappa shape index (κ2) is 6.34. The quantitative estimate of drug-likeness (QED) is 0.893. The minimum absolute atomic E-state index is 0.181. The number of nitrogens with two attached hydrogens (primary N) is 1. The van der Waals surface area contributed by atoms with Gasteiger partial charge >= 0.3 is 0 Å². The maximum atomic E-state index is 11.6. The summed E-state index contributed by atoms with van der Waals surface area (Å²) in [7, 11) is -3.69. The summed E-state index contributed by atoms with van der Waals surface area (Å²) >= 11 is 0. The van der Waals surface area contributed by atoms with E-state index in [1.54, 1.807) is 13.0 Å². The Balaban J connectivity index is 2.17. The van der Waals surface area contributed by atoms with E-state index in [9.17, 15) is 8.42 Å². The Morgan fingerprint density at radius 3 is 2.71 bits per heavy atom. The fourth-order valence-electron chi connectivity index (χ4n) is 2.72. The van der Waals surface area contributed by atoms with Gasteiger partial charge in [-0.15, -0.1) is 0 Å². The first-order valence-electron chi connectivity index (χ1n) is 7.29. The Hall–Kier alpha value is -1.11. The van der Waals surface area contributed by atoms with Gasteiger partial charge in [0.15, 0.2) is 0 Å². The normalized spacial score (nSPS) is 23.3. The first-order chi connectivity index (χ1) is 9.79. The smallest absolute Gasteiger partial charge is 0.238 e. The van der Waals surface area contributed by atoms with E-state index >= 15 is 0 Å². The Morgan fingerprint density at radius 2 is 2.10 bits per heavy atom. The van der Waals surface area contributed by atoms with Crippen LogP contribution < -0.4 is 10.5 Å². The number of benzene rings is 1. The summed E-state index contributed by atoms with van der Waals surface area (Å²) in [5.74, 6) is 0.478. The molecule has 2 rings (SSSR count). The lowest BCUT2D eigenvalue weighted by Crippen LogP contribution is -2.36. The number of nitrogens with one attached hydrogen (secondary N) is 1. The molecule has 2 unspecified atom stereocenters. The summed E-state index contributed by atoms with van der Waals surface area (Å²) in [5.41, 5.74) is 1.50. The highest BCUT2D eigenvalue weighted by Gasteiger charge is 2.25. The zero-order valence-corrected chi connectivity index (χ0v) is 13.6. The zero-order valence-electron chi connectivity index (χ0n) is 12.8. The number of sulfonamides is 1. The lowest BCUT2D eigenvalue weighted by Gasteiger charge is -2.33. The lowest BCUT2D eigenvalue weighted by molar-refractivity contribution is -0.0160. The van der Waals surface area contributed by atoms with Gasteiger partial charge in [-0.25, -0.2) is 13.6 Å². The molecule has 1 aromatic carbocycles. The van der Waals surface area contributed by atoms with Crippen molar-refractivity contribution in [3.63, 3.8) is 0 Å². The number of ether oxygens (including phenoxy) is 1. The first kappa shape index (κ1) is 16.3. The zero-order chi connectivity index (χ0) is 15.6. The third-order valence-electron chi connectivity index (χ3n) is 4.01. The van der Waals surface area contributed by atoms with Gasteiger partial charge < -0.3 is 10.1 Å². The highest BCUT2D eigenvalue weighted by Crippen LogP contribution is 2.27. The van der Waals surface area contributed by atoms with Crippen LogP contribution in [0.2, 0.25) is 0 Å². The standard InChI is InChI=1S/C15H24N2O3S/c1-10(2)14-9-12(7-8-20-14)17-13-5-4-6-15(11(13)3)21(16,18)19/h4-6,10,12,14,17H,7-9H2,1-3H3,(H2,16,18,19). The van der Waals surface area contributed by atoms with Crippen LogP contribution in [-0.4, -0.2) is 27.2 Å². The summed E-state index contributed by atoms with van der Waals surface area (Å²) in [4.78, 5) is 0.181. The molecule has 3 N–H and O–H groups in total. The second-order valence-electron chi connectivity index (χ2n) is 5.99. The van der Waals surface area contributed by atoms with Crippen molar-refractivity contribution in [2.24, 2.45) is 11.1 Å². The van der Waals surface area contributed by atoms with Crippen molar-refractivity contribution in [3.05, 3.63) is 23.8 Å². The van der Waals surface area contributed by atoms with Crippen LogP contribution in [0.15, 0.2) is 23.1 Å². The number of hydrogen-bond acceptors (Lipinski definition) is 4. The van der Waals surface area contributed by atoms with Gasteiger partial charge in [0.05, 0.1) is 11.0 Å². The van der Waals surface area contributed by atoms with Crippen molar-refractivity contribution in [2.75, 3.05) is 11.9 Å². The fraction of sp³-hybridized carbons (Fsp3) is 0.600. The molecule has 2 atom stereocenters. The first-order valence-corrected chi connectivity index (χ1v) is 8.84. The molecule has 1 saturated heterocycles. The van der Waals surface area contributed by atoms with Crippen LogP contribution >= 0.6 is 0 Å². The minimum atomic E-state index is -3.69. The molecule has 0 radical (unpaired) electrons. The summed E-state index contributed by atoms with van der Waals surface area (Å²) in [6.07, 6.45) is 2.09. The molecule has 1 aromatic rings. The van der Waals surface area contributed by atoms with Crippen molar-refractivity contribution in [1.82, 2.24) is 0 Å². The largest absolute Gasteiger partial charge is 0.382 e. The van der Waals surface area contributed by atoms with Crippen LogP contribution in [0.4, 0.5) is 5.69 Å². The van der Waals surface area contributed by atoms with Gasteiger partial charge in [0.2, 0.25) is 10.0 Å². The minimum Gasteiger partial charge on any atom is -0.382 e. The van der Waals surface area contributed by atoms with E-state index in [1.165, 1.54) is 6.07 Å². The van der Waals surface area contributed by atoms with Gasteiger partial charge in [-0.1, -0.05) is 19.9 Å². The molecule has 0 aliphatic carbocycles. The van der Waals surface area contributed by atoms with E-state index in [0.717, 1.165) is 25.1 Å². The van der Waals surface area contributed by atoms with Gasteiger partial charge in [0, 0.05) is 18.3 Å². The third kappa shape index (κ3) is 3.96. The molecule has 1 heterocycles. The van der Waals surface area contributed by atoms with Crippen molar-refractivity contribution in [2.45, 2.75) is 50.7 Å². The van der Waals surface area contributed by atoms with Crippen molar-refractivity contribution in [1.29, 1.82) is 0 Å². The predicted molar refractivity (Wildman–Crippen MR) is 83.8 cm³/mol. The number of primary sulfonamides is 1. The molecule has 118 valence electrons. The molecule has 0 spiro atoms. The summed E-state index contributed by atoms with van der Waals surface area (Å²) in [5, 5.41) is 8.69. The molecular weight excluding hydrogens is 288 g/mol. The van der Waals surface area contributed by atoms with Gasteiger partial charge in [-0.05, 0) is 43.4 Å². The Kier molecular flexibility index (Phi) is 4.91. The Labute approximate surface area is 126 Å². The SMILES string of the molecule is Cc1c(NC2CCOC(C(C)C)C2)cccc1S(N)(=O)=O. The lowest BCUT2D eigenvalue weighted by atomic mass is 9.95. The van der Waals surface area contributed by atoms with E-state index in [2.05, 4.69) is 19.2 Å². The van der Waals surface area contributed by atoms with Crippen LogP contribution in [-0.2, 0) is 14.8 Å². The van der Waals surface area contributed by atoms with Crippen LogP contribution in [0, 0.1) is 12.8 Å². The molecule has 1 aliphatic heterocycles. The second-order valence-corrected chi connectivity index (χ2v) is 7.52. The van der Waals surface area contributed by atoms with Crippen LogP contribution in [0.3, 0.4) is 0 Å². The van der Waals surface area contributed by atoms with E-state index in [4.69, 9.17) is 9.88 Å². The van der Waals surface area contributed by atoms with Gasteiger partial charge in [-0.2, -0.15) is 0 Å².